The number of phenolic OH excluding ortho intramolecular Hbond substituents is 4. The predicted octanol–water partition coefficient (Wildman–Crippen LogP) is 13.1. The molecule has 5 nitrogen and oxygen atoms in total. The molecular formula is C48H29IO5. The van der Waals surface area contributed by atoms with E-state index in [9.17, 15) is 20.4 Å². The van der Waals surface area contributed by atoms with Gasteiger partial charge >= 0.3 is 0 Å². The van der Waals surface area contributed by atoms with E-state index in [1.54, 1.807) is 22.6 Å². The Balaban J connectivity index is 1.31. The molecule has 0 bridgehead atoms. The molecule has 0 aliphatic heterocycles. The smallest absolute Gasteiger partial charge is 0.175 e. The molecular weight excluding hydrogens is 783 g/mol. The molecule has 0 spiro atoms. The molecule has 9 aromatic carbocycles. The van der Waals surface area contributed by atoms with Gasteiger partial charge in [0.15, 0.2) is 23.0 Å². The molecule has 10 aromatic rings. The van der Waals surface area contributed by atoms with Crippen molar-refractivity contribution in [1.29, 1.82) is 0 Å². The number of halogens is 1. The molecule has 0 amide bonds. The largest absolute Gasteiger partial charge is 0.504 e. The van der Waals surface area contributed by atoms with Gasteiger partial charge < -0.3 is 24.8 Å². The van der Waals surface area contributed by atoms with Crippen molar-refractivity contribution in [3.05, 3.63) is 155 Å². The van der Waals surface area contributed by atoms with E-state index in [0.717, 1.165) is 87.6 Å². The van der Waals surface area contributed by atoms with Crippen LogP contribution in [0.5, 0.6) is 23.0 Å². The average Bonchev–Trinajstić information content (AvgIpc) is 3.60. The molecule has 0 atom stereocenters. The first-order chi connectivity index (χ1) is 26.4. The zero-order valence-electron chi connectivity index (χ0n) is 28.5. The van der Waals surface area contributed by atoms with E-state index < -0.39 is 23.0 Å². The lowest BCUT2D eigenvalue weighted by Crippen LogP contribution is -1.94. The number of phenols is 4. The van der Waals surface area contributed by atoms with Gasteiger partial charge in [-0.15, -0.1) is 0 Å². The molecule has 54 heavy (non-hydrogen) atoms. The first-order valence-corrected chi connectivity index (χ1v) is 18.6. The molecule has 1 aromatic heterocycles. The molecule has 0 unspecified atom stereocenters. The summed E-state index contributed by atoms with van der Waals surface area (Å²) in [5.74, 6) is -1.98. The number of hydrogen-bond donors (Lipinski definition) is 4. The first-order valence-electron chi connectivity index (χ1n) is 17.5. The van der Waals surface area contributed by atoms with Crippen LogP contribution in [0.1, 0.15) is 0 Å². The van der Waals surface area contributed by atoms with Crippen molar-refractivity contribution in [2.75, 3.05) is 0 Å². The minimum atomic E-state index is -0.498. The highest BCUT2D eigenvalue weighted by molar-refractivity contribution is 14.1. The van der Waals surface area contributed by atoms with Crippen LogP contribution in [0.3, 0.4) is 0 Å². The van der Waals surface area contributed by atoms with Gasteiger partial charge in [-0.05, 0) is 113 Å². The van der Waals surface area contributed by atoms with E-state index in [1.807, 2.05) is 84.9 Å². The van der Waals surface area contributed by atoms with Crippen LogP contribution >= 0.6 is 22.6 Å². The minimum Gasteiger partial charge on any atom is -0.504 e. The molecule has 10 rings (SSSR count). The number of benzene rings is 9. The van der Waals surface area contributed by atoms with E-state index in [0.29, 0.717) is 5.56 Å². The fraction of sp³-hybridized carbons (Fsp3) is 0. The minimum absolute atomic E-state index is 0.0300. The summed E-state index contributed by atoms with van der Waals surface area (Å²) in [6, 6.07) is 51.6. The number of fused-ring (bicyclic) bond motifs is 6. The Hall–Kier alpha value is -6.51. The highest BCUT2D eigenvalue weighted by Gasteiger charge is 2.27. The molecule has 0 aliphatic carbocycles. The van der Waals surface area contributed by atoms with Crippen LogP contribution in [0.4, 0.5) is 0 Å². The fourth-order valence-corrected chi connectivity index (χ4v) is 8.63. The summed E-state index contributed by atoms with van der Waals surface area (Å²) in [7, 11) is 0. The molecule has 1 heterocycles. The summed E-state index contributed by atoms with van der Waals surface area (Å²) < 4.78 is 6.49. The molecule has 4 N–H and O–H groups in total. The van der Waals surface area contributed by atoms with Crippen LogP contribution < -0.4 is 0 Å². The lowest BCUT2D eigenvalue weighted by Gasteiger charge is -2.21. The predicted molar refractivity (Wildman–Crippen MR) is 227 cm³/mol. The third-order valence-electron chi connectivity index (χ3n) is 10.5. The topological polar surface area (TPSA) is 94.1 Å². The zero-order valence-corrected chi connectivity index (χ0v) is 30.7. The van der Waals surface area contributed by atoms with Crippen LogP contribution in [0.15, 0.2) is 156 Å². The van der Waals surface area contributed by atoms with Crippen LogP contribution in [0.2, 0.25) is 0 Å². The summed E-state index contributed by atoms with van der Waals surface area (Å²) in [6.07, 6.45) is 0. The Kier molecular flexibility index (Phi) is 7.32. The molecule has 0 radical (unpaired) electrons. The summed E-state index contributed by atoms with van der Waals surface area (Å²) in [6.45, 7) is 0. The maximum absolute atomic E-state index is 11.3. The SMILES string of the molecule is Oc1c(O)c(-c2c3ccccc3c(-c3cc(-c4cc(-c5ccccc5)c5oc6ccccc6c5c4)c4ccccc4c3)c3ccccc23)c(O)c(O)c1I. The number of hydrogen-bond acceptors (Lipinski definition) is 5. The second-order valence-corrected chi connectivity index (χ2v) is 14.6. The van der Waals surface area contributed by atoms with Gasteiger partial charge in [-0.2, -0.15) is 0 Å². The van der Waals surface area contributed by atoms with Crippen molar-refractivity contribution in [1.82, 2.24) is 0 Å². The van der Waals surface area contributed by atoms with Gasteiger partial charge in [-0.25, -0.2) is 0 Å². The van der Waals surface area contributed by atoms with Gasteiger partial charge in [0.05, 0.1) is 5.56 Å². The number of furan rings is 1. The molecule has 258 valence electrons. The Bertz CT molecular complexity index is 3080. The van der Waals surface area contributed by atoms with Crippen molar-refractivity contribution in [2.24, 2.45) is 0 Å². The second kappa shape index (κ2) is 12.3. The van der Waals surface area contributed by atoms with Crippen molar-refractivity contribution in [3.8, 4) is 67.5 Å². The fourth-order valence-electron chi connectivity index (χ4n) is 8.12. The lowest BCUT2D eigenvalue weighted by atomic mass is 9.83. The van der Waals surface area contributed by atoms with Crippen molar-refractivity contribution in [2.45, 2.75) is 0 Å². The Morgan fingerprint density at radius 2 is 0.889 bits per heavy atom. The van der Waals surface area contributed by atoms with Crippen molar-refractivity contribution < 1.29 is 24.8 Å². The second-order valence-electron chi connectivity index (χ2n) is 13.5. The van der Waals surface area contributed by atoms with E-state index >= 15 is 0 Å². The highest BCUT2D eigenvalue weighted by atomic mass is 127. The van der Waals surface area contributed by atoms with Crippen LogP contribution in [0.25, 0.3) is 98.8 Å². The Morgan fingerprint density at radius 3 is 1.54 bits per heavy atom. The quantitative estimate of drug-likeness (QED) is 0.0615. The van der Waals surface area contributed by atoms with Crippen LogP contribution in [0, 0.1) is 3.57 Å². The van der Waals surface area contributed by atoms with Crippen molar-refractivity contribution in [3.63, 3.8) is 0 Å². The van der Waals surface area contributed by atoms with Gasteiger partial charge in [0.25, 0.3) is 0 Å². The van der Waals surface area contributed by atoms with Gasteiger partial charge in [0, 0.05) is 21.9 Å². The van der Waals surface area contributed by atoms with Crippen LogP contribution in [-0.4, -0.2) is 20.4 Å². The highest BCUT2D eigenvalue weighted by Crippen LogP contribution is 2.56. The summed E-state index contributed by atoms with van der Waals surface area (Å²) in [4.78, 5) is 0. The number of rotatable bonds is 4. The average molecular weight is 813 g/mol. The summed E-state index contributed by atoms with van der Waals surface area (Å²) in [5.41, 5.74) is 8.32. The van der Waals surface area contributed by atoms with Crippen LogP contribution in [-0.2, 0) is 0 Å². The molecule has 0 fully saturated rings. The lowest BCUT2D eigenvalue weighted by molar-refractivity contribution is 0.371. The molecule has 6 heteroatoms. The van der Waals surface area contributed by atoms with E-state index in [1.165, 1.54) is 0 Å². The maximum Gasteiger partial charge on any atom is 0.175 e. The first kappa shape index (κ1) is 32.2. The molecule has 0 saturated heterocycles. The molecule has 0 saturated carbocycles. The third kappa shape index (κ3) is 4.76. The van der Waals surface area contributed by atoms with E-state index in [4.69, 9.17) is 4.42 Å². The molecule has 0 aliphatic rings. The summed E-state index contributed by atoms with van der Waals surface area (Å²) >= 11 is 1.71. The van der Waals surface area contributed by atoms with Gasteiger partial charge in [-0.1, -0.05) is 121 Å². The normalized spacial score (nSPS) is 11.7. The summed E-state index contributed by atoms with van der Waals surface area (Å²) in [5, 5.41) is 51.8. The third-order valence-corrected chi connectivity index (χ3v) is 11.6. The zero-order chi connectivity index (χ0) is 36.7. The standard InChI is InChI=1S/C48H29IO5/c49-43-46(52)44(50)42(45(51)47(43)53)41-34-19-8-6-17-32(34)40(33-18-7-9-20-35(33)41)29-22-27-14-4-5-15-30(27)36(25-29)28-23-37(26-12-2-1-3-13-26)48-38(24-28)31-16-10-11-21-39(31)54-48/h1-25,50-53H. The Labute approximate surface area is 322 Å². The maximum atomic E-state index is 11.3. The number of para-hydroxylation sites is 1. The Morgan fingerprint density at radius 1 is 0.370 bits per heavy atom. The van der Waals surface area contributed by atoms with Crippen molar-refractivity contribution >= 4 is 76.8 Å². The van der Waals surface area contributed by atoms with Gasteiger partial charge in [-0.3, -0.25) is 0 Å². The van der Waals surface area contributed by atoms with E-state index in [-0.39, 0.29) is 9.13 Å². The van der Waals surface area contributed by atoms with Gasteiger partial charge in [0.2, 0.25) is 0 Å². The van der Waals surface area contributed by atoms with Gasteiger partial charge in [0.1, 0.15) is 14.7 Å². The van der Waals surface area contributed by atoms with E-state index in [2.05, 4.69) is 66.7 Å². The monoisotopic (exact) mass is 812 g/mol. The number of aromatic hydroxyl groups is 4.